The van der Waals surface area contributed by atoms with Gasteiger partial charge in [0.2, 0.25) is 0 Å². The summed E-state index contributed by atoms with van der Waals surface area (Å²) in [5.41, 5.74) is 2.99. The van der Waals surface area contributed by atoms with Gasteiger partial charge >= 0.3 is 0 Å². The van der Waals surface area contributed by atoms with E-state index in [1.165, 1.54) is 0 Å². The molecule has 0 N–H and O–H groups in total. The third kappa shape index (κ3) is 2.04. The van der Waals surface area contributed by atoms with Crippen molar-refractivity contribution in [3.05, 3.63) is 154 Å². The van der Waals surface area contributed by atoms with Crippen LogP contribution < -0.4 is 0 Å². The molecule has 33 heavy (non-hydrogen) atoms. The molecule has 2 heterocycles. The molecule has 2 bridgehead atoms. The van der Waals surface area contributed by atoms with Crippen LogP contribution in [0.3, 0.4) is 0 Å². The van der Waals surface area contributed by atoms with E-state index in [1.807, 2.05) is 84.9 Å². The van der Waals surface area contributed by atoms with E-state index < -0.39 is 11.2 Å². The minimum atomic E-state index is -1.15. The molecule has 2 atom stereocenters. The summed E-state index contributed by atoms with van der Waals surface area (Å²) in [6, 6.07) is 34.7. The maximum Gasteiger partial charge on any atom is 0.193 e. The number of fused-ring (bicyclic) bond motifs is 8. The van der Waals surface area contributed by atoms with Gasteiger partial charge in [-0.2, -0.15) is 0 Å². The van der Waals surface area contributed by atoms with Crippen LogP contribution in [0.4, 0.5) is 0 Å². The average molecular weight is 426 g/mol. The number of rotatable bonds is 2. The smallest absolute Gasteiger partial charge is 0.193 e. The van der Waals surface area contributed by atoms with E-state index >= 15 is 0 Å². The first-order valence-corrected chi connectivity index (χ1v) is 11.0. The van der Waals surface area contributed by atoms with Gasteiger partial charge in [0.1, 0.15) is 0 Å². The van der Waals surface area contributed by atoms with Crippen LogP contribution in [-0.4, -0.2) is 11.6 Å². The molecule has 0 aromatic heterocycles. The average Bonchev–Trinajstić information content (AvgIpc) is 3.39. The monoisotopic (exact) mass is 426 g/mol. The first-order chi connectivity index (χ1) is 16.2. The van der Waals surface area contributed by atoms with E-state index in [4.69, 9.17) is 4.74 Å². The topological polar surface area (TPSA) is 43.4 Å². The quantitative estimate of drug-likeness (QED) is 0.419. The molecule has 0 saturated heterocycles. The summed E-state index contributed by atoms with van der Waals surface area (Å²) in [6.45, 7) is 0. The number of hydrogen-bond donors (Lipinski definition) is 0. The maximum atomic E-state index is 14.1. The molecule has 0 saturated carbocycles. The molecule has 2 aliphatic heterocycles. The van der Waals surface area contributed by atoms with Gasteiger partial charge in [0.15, 0.2) is 22.8 Å². The Bertz CT molecular complexity index is 1400. The van der Waals surface area contributed by atoms with Gasteiger partial charge in [-0.25, -0.2) is 0 Å². The number of Topliss-reactive ketones (excluding diaryl/α,β-unsaturated/α-hetero) is 2. The van der Waals surface area contributed by atoms with Crippen LogP contribution in [0.2, 0.25) is 0 Å². The molecule has 0 radical (unpaired) electrons. The first-order valence-electron chi connectivity index (χ1n) is 11.0. The van der Waals surface area contributed by atoms with Gasteiger partial charge in [0.05, 0.1) is 11.1 Å². The Balaban J connectivity index is 1.67. The summed E-state index contributed by atoms with van der Waals surface area (Å²) in [5, 5.41) is 0. The van der Waals surface area contributed by atoms with Crippen molar-refractivity contribution in [2.45, 2.75) is 11.2 Å². The highest BCUT2D eigenvalue weighted by Gasteiger charge is 2.69. The number of hydrogen-bond acceptors (Lipinski definition) is 3. The van der Waals surface area contributed by atoms with Crippen molar-refractivity contribution in [3.8, 4) is 0 Å². The standard InChI is InChI=1S/C30H18O3/c31-27-21-15-7-8-16-22(21)28(32)26-25(27)29(19-11-3-1-4-12-19)23-17-9-10-18-24(23)30(26,33-29)20-13-5-2-6-14-20/h1-18H. The summed E-state index contributed by atoms with van der Waals surface area (Å²) in [4.78, 5) is 28.2. The lowest BCUT2D eigenvalue weighted by atomic mass is 9.63. The fourth-order valence-corrected chi connectivity index (χ4v) is 5.92. The second-order valence-electron chi connectivity index (χ2n) is 8.70. The van der Waals surface area contributed by atoms with Gasteiger partial charge in [0, 0.05) is 11.1 Å². The van der Waals surface area contributed by atoms with Crippen LogP contribution in [-0.2, 0) is 15.9 Å². The van der Waals surface area contributed by atoms with Crippen LogP contribution in [0.1, 0.15) is 43.0 Å². The molecular weight excluding hydrogens is 408 g/mol. The van der Waals surface area contributed by atoms with Crippen molar-refractivity contribution >= 4 is 11.6 Å². The van der Waals surface area contributed by atoms with Gasteiger partial charge in [0.25, 0.3) is 0 Å². The first kappa shape index (κ1) is 18.5. The Morgan fingerprint density at radius 3 is 1.24 bits per heavy atom. The zero-order valence-electron chi connectivity index (χ0n) is 17.6. The van der Waals surface area contributed by atoms with Crippen molar-refractivity contribution in [2.24, 2.45) is 0 Å². The maximum absolute atomic E-state index is 14.1. The molecule has 2 unspecified atom stereocenters. The van der Waals surface area contributed by atoms with Crippen LogP contribution in [0, 0.1) is 0 Å². The van der Waals surface area contributed by atoms with Crippen LogP contribution in [0.5, 0.6) is 0 Å². The zero-order chi connectivity index (χ0) is 22.2. The number of ether oxygens (including phenoxy) is 1. The highest BCUT2D eigenvalue weighted by atomic mass is 16.5. The van der Waals surface area contributed by atoms with Crippen LogP contribution in [0.25, 0.3) is 0 Å². The minimum Gasteiger partial charge on any atom is -0.340 e. The fourth-order valence-electron chi connectivity index (χ4n) is 5.92. The molecule has 7 rings (SSSR count). The van der Waals surface area contributed by atoms with Gasteiger partial charge in [-0.3, -0.25) is 9.59 Å². The Morgan fingerprint density at radius 2 is 0.818 bits per heavy atom. The fraction of sp³-hybridized carbons (Fsp3) is 0.0667. The molecule has 3 heteroatoms. The second-order valence-corrected chi connectivity index (χ2v) is 8.70. The van der Waals surface area contributed by atoms with Gasteiger partial charge in [-0.15, -0.1) is 0 Å². The largest absolute Gasteiger partial charge is 0.340 e. The van der Waals surface area contributed by atoms with Crippen LogP contribution in [0.15, 0.2) is 120 Å². The normalized spacial score (nSPS) is 24.5. The van der Waals surface area contributed by atoms with Crippen LogP contribution >= 0.6 is 0 Å². The number of benzene rings is 4. The third-order valence-corrected chi connectivity index (χ3v) is 7.18. The van der Waals surface area contributed by atoms with Gasteiger partial charge in [-0.1, -0.05) is 109 Å². The van der Waals surface area contributed by atoms with Crippen molar-refractivity contribution in [3.63, 3.8) is 0 Å². The van der Waals surface area contributed by atoms with Crippen molar-refractivity contribution in [1.29, 1.82) is 0 Å². The molecule has 0 fully saturated rings. The summed E-state index contributed by atoms with van der Waals surface area (Å²) in [6.07, 6.45) is 0. The Morgan fingerprint density at radius 1 is 0.455 bits per heavy atom. The van der Waals surface area contributed by atoms with E-state index in [-0.39, 0.29) is 11.6 Å². The Kier molecular flexibility index (Phi) is 3.50. The van der Waals surface area contributed by atoms with E-state index in [0.29, 0.717) is 22.3 Å². The Labute approximate surface area is 191 Å². The lowest BCUT2D eigenvalue weighted by molar-refractivity contribution is -0.0310. The molecular formula is C30H18O3. The molecule has 3 nitrogen and oxygen atoms in total. The van der Waals surface area contributed by atoms with Gasteiger partial charge < -0.3 is 4.74 Å². The molecule has 3 aliphatic rings. The van der Waals surface area contributed by atoms with E-state index in [9.17, 15) is 9.59 Å². The minimum absolute atomic E-state index is 0.142. The molecule has 4 aromatic carbocycles. The van der Waals surface area contributed by atoms with Gasteiger partial charge in [-0.05, 0) is 22.3 Å². The molecule has 156 valence electrons. The summed E-state index contributed by atoms with van der Waals surface area (Å²) < 4.78 is 7.09. The van der Waals surface area contributed by atoms with Crippen molar-refractivity contribution in [1.82, 2.24) is 0 Å². The molecule has 0 amide bonds. The summed E-state index contributed by atoms with van der Waals surface area (Å²) in [7, 11) is 0. The molecule has 0 spiro atoms. The highest BCUT2D eigenvalue weighted by molar-refractivity contribution is 6.30. The predicted octanol–water partition coefficient (Wildman–Crippen LogP) is 5.59. The number of carbonyl (C=O) groups excluding carboxylic acids is 2. The zero-order valence-corrected chi connectivity index (χ0v) is 17.6. The number of carbonyl (C=O) groups is 2. The lowest BCUT2D eigenvalue weighted by Crippen LogP contribution is -2.37. The second kappa shape index (κ2) is 6.25. The van der Waals surface area contributed by atoms with E-state index in [2.05, 4.69) is 0 Å². The lowest BCUT2D eigenvalue weighted by Gasteiger charge is -2.34. The predicted molar refractivity (Wildman–Crippen MR) is 124 cm³/mol. The van der Waals surface area contributed by atoms with Crippen molar-refractivity contribution < 1.29 is 14.3 Å². The summed E-state index contributed by atoms with van der Waals surface area (Å²) in [5.74, 6) is -0.285. The molecule has 4 aromatic rings. The summed E-state index contributed by atoms with van der Waals surface area (Å²) >= 11 is 0. The Hall–Kier alpha value is -4.08. The third-order valence-electron chi connectivity index (χ3n) is 7.18. The highest BCUT2D eigenvalue weighted by Crippen LogP contribution is 2.67. The number of ketones is 2. The van der Waals surface area contributed by atoms with E-state index in [0.717, 1.165) is 22.3 Å². The van der Waals surface area contributed by atoms with E-state index in [1.54, 1.807) is 24.3 Å². The SMILES string of the molecule is O=C1C2=C(C(=O)c3ccccc31)C1(c3ccccc3)OC2(c2ccccc2)c2ccccc21. The molecule has 1 aliphatic carbocycles. The van der Waals surface area contributed by atoms with Crippen molar-refractivity contribution in [2.75, 3.05) is 0 Å².